The Morgan fingerprint density at radius 2 is 2.00 bits per heavy atom. The maximum atomic E-state index is 12.1. The van der Waals surface area contributed by atoms with Gasteiger partial charge in [0.25, 0.3) is 0 Å². The number of carbonyl (C=O) groups is 1. The number of carbonyl (C=O) groups excluding carboxylic acids is 1. The Morgan fingerprint density at radius 3 is 2.58 bits per heavy atom. The van der Waals surface area contributed by atoms with Crippen molar-refractivity contribution in [2.75, 3.05) is 13.2 Å². The van der Waals surface area contributed by atoms with E-state index >= 15 is 0 Å². The predicted octanol–water partition coefficient (Wildman–Crippen LogP) is 2.00. The standard InChI is InChI=1S/C15H27NO3/c1-2-19-13-8-12(9-13)10-14(18)16-15(11-17)6-4-3-5-7-15/h12-13,17H,2-11H2,1H3,(H,16,18). The molecule has 4 nitrogen and oxygen atoms in total. The molecule has 0 unspecified atom stereocenters. The third-order valence-electron chi connectivity index (χ3n) is 4.59. The molecule has 2 aliphatic rings. The molecule has 2 N–H and O–H groups in total. The molecule has 2 fully saturated rings. The Bertz CT molecular complexity index is 294. The highest BCUT2D eigenvalue weighted by atomic mass is 16.5. The van der Waals surface area contributed by atoms with Crippen LogP contribution >= 0.6 is 0 Å². The van der Waals surface area contributed by atoms with E-state index in [4.69, 9.17) is 4.74 Å². The average molecular weight is 269 g/mol. The summed E-state index contributed by atoms with van der Waals surface area (Å²) in [7, 11) is 0. The first-order valence-electron chi connectivity index (χ1n) is 7.71. The molecule has 4 heteroatoms. The van der Waals surface area contributed by atoms with Crippen molar-refractivity contribution in [3.05, 3.63) is 0 Å². The first kappa shape index (κ1) is 14.8. The van der Waals surface area contributed by atoms with Gasteiger partial charge >= 0.3 is 0 Å². The van der Waals surface area contributed by atoms with Crippen LogP contribution in [0.3, 0.4) is 0 Å². The first-order valence-corrected chi connectivity index (χ1v) is 7.71. The van der Waals surface area contributed by atoms with E-state index in [-0.39, 0.29) is 18.1 Å². The minimum atomic E-state index is -0.335. The number of rotatable bonds is 6. The van der Waals surface area contributed by atoms with Crippen molar-refractivity contribution < 1.29 is 14.6 Å². The topological polar surface area (TPSA) is 58.6 Å². The van der Waals surface area contributed by atoms with Crippen LogP contribution < -0.4 is 5.32 Å². The Balaban J connectivity index is 1.72. The van der Waals surface area contributed by atoms with Crippen LogP contribution in [-0.4, -0.2) is 35.9 Å². The van der Waals surface area contributed by atoms with Crippen LogP contribution in [0.5, 0.6) is 0 Å². The van der Waals surface area contributed by atoms with E-state index in [0.717, 1.165) is 45.1 Å². The lowest BCUT2D eigenvalue weighted by Crippen LogP contribution is -2.53. The molecule has 0 aromatic rings. The largest absolute Gasteiger partial charge is 0.394 e. The number of hydrogen-bond donors (Lipinski definition) is 2. The van der Waals surface area contributed by atoms with Crippen LogP contribution in [0.4, 0.5) is 0 Å². The Morgan fingerprint density at radius 1 is 1.32 bits per heavy atom. The third kappa shape index (κ3) is 3.93. The molecule has 0 atom stereocenters. The van der Waals surface area contributed by atoms with Crippen molar-refractivity contribution in [1.82, 2.24) is 5.32 Å². The van der Waals surface area contributed by atoms with Gasteiger partial charge in [0, 0.05) is 13.0 Å². The van der Waals surface area contributed by atoms with E-state index in [1.807, 2.05) is 6.92 Å². The summed E-state index contributed by atoms with van der Waals surface area (Å²) in [6.07, 6.45) is 8.24. The van der Waals surface area contributed by atoms with Crippen LogP contribution in [0.25, 0.3) is 0 Å². The van der Waals surface area contributed by atoms with Gasteiger partial charge in [0.2, 0.25) is 5.91 Å². The van der Waals surface area contributed by atoms with Crippen LogP contribution in [0, 0.1) is 5.92 Å². The second kappa shape index (κ2) is 6.71. The second-order valence-electron chi connectivity index (χ2n) is 6.17. The van der Waals surface area contributed by atoms with Crippen molar-refractivity contribution in [2.45, 2.75) is 69.9 Å². The lowest BCUT2D eigenvalue weighted by atomic mass is 9.78. The molecule has 0 saturated heterocycles. The minimum Gasteiger partial charge on any atom is -0.394 e. The van der Waals surface area contributed by atoms with Crippen LogP contribution in [0.2, 0.25) is 0 Å². The molecular weight excluding hydrogens is 242 g/mol. The van der Waals surface area contributed by atoms with Crippen molar-refractivity contribution in [1.29, 1.82) is 0 Å². The normalized spacial score (nSPS) is 29.6. The quantitative estimate of drug-likeness (QED) is 0.775. The van der Waals surface area contributed by atoms with Gasteiger partial charge in [0.15, 0.2) is 0 Å². The van der Waals surface area contributed by atoms with Gasteiger partial charge in [-0.2, -0.15) is 0 Å². The van der Waals surface area contributed by atoms with E-state index in [1.165, 1.54) is 6.42 Å². The molecule has 1 amide bonds. The molecule has 2 aliphatic carbocycles. The van der Waals surface area contributed by atoms with Crippen molar-refractivity contribution in [2.24, 2.45) is 5.92 Å². The Kier molecular flexibility index (Phi) is 5.22. The van der Waals surface area contributed by atoms with Crippen LogP contribution in [0.15, 0.2) is 0 Å². The lowest BCUT2D eigenvalue weighted by Gasteiger charge is -2.38. The molecule has 0 aromatic carbocycles. The summed E-state index contributed by atoms with van der Waals surface area (Å²) in [6, 6.07) is 0. The highest BCUT2D eigenvalue weighted by Gasteiger charge is 2.35. The second-order valence-corrected chi connectivity index (χ2v) is 6.17. The number of ether oxygens (including phenoxy) is 1. The molecule has 2 saturated carbocycles. The summed E-state index contributed by atoms with van der Waals surface area (Å²) in [4.78, 5) is 12.1. The fourth-order valence-corrected chi connectivity index (χ4v) is 3.37. The van der Waals surface area contributed by atoms with Gasteiger partial charge in [-0.1, -0.05) is 19.3 Å². The summed E-state index contributed by atoms with van der Waals surface area (Å²) >= 11 is 0. The summed E-state index contributed by atoms with van der Waals surface area (Å²) in [6.45, 7) is 2.84. The lowest BCUT2D eigenvalue weighted by molar-refractivity contribution is -0.127. The maximum absolute atomic E-state index is 12.1. The van der Waals surface area contributed by atoms with E-state index in [2.05, 4.69) is 5.32 Å². The highest BCUT2D eigenvalue weighted by molar-refractivity contribution is 5.77. The number of amides is 1. The van der Waals surface area contributed by atoms with Gasteiger partial charge < -0.3 is 15.2 Å². The molecule has 110 valence electrons. The monoisotopic (exact) mass is 269 g/mol. The van der Waals surface area contributed by atoms with Crippen LogP contribution in [-0.2, 0) is 9.53 Å². The van der Waals surface area contributed by atoms with Crippen molar-refractivity contribution in [3.63, 3.8) is 0 Å². The molecule has 19 heavy (non-hydrogen) atoms. The molecule has 0 heterocycles. The minimum absolute atomic E-state index is 0.0744. The summed E-state index contributed by atoms with van der Waals surface area (Å²) in [5.41, 5.74) is -0.335. The molecule has 0 aromatic heterocycles. The highest BCUT2D eigenvalue weighted by Crippen LogP contribution is 2.33. The van der Waals surface area contributed by atoms with E-state index in [9.17, 15) is 9.90 Å². The van der Waals surface area contributed by atoms with Crippen LogP contribution in [0.1, 0.15) is 58.3 Å². The zero-order chi connectivity index (χ0) is 13.7. The fraction of sp³-hybridized carbons (Fsp3) is 0.933. The van der Waals surface area contributed by atoms with Crippen molar-refractivity contribution in [3.8, 4) is 0 Å². The smallest absolute Gasteiger partial charge is 0.220 e. The molecular formula is C15H27NO3. The van der Waals surface area contributed by atoms with Gasteiger partial charge in [-0.05, 0) is 38.5 Å². The number of aliphatic hydroxyl groups is 1. The van der Waals surface area contributed by atoms with Gasteiger partial charge in [-0.25, -0.2) is 0 Å². The third-order valence-corrected chi connectivity index (χ3v) is 4.59. The molecule has 0 radical (unpaired) electrons. The maximum Gasteiger partial charge on any atom is 0.220 e. The SMILES string of the molecule is CCOC1CC(CC(=O)NC2(CO)CCCCC2)C1. The number of aliphatic hydroxyl groups excluding tert-OH is 1. The zero-order valence-corrected chi connectivity index (χ0v) is 12.0. The van der Waals surface area contributed by atoms with E-state index in [0.29, 0.717) is 18.4 Å². The summed E-state index contributed by atoms with van der Waals surface area (Å²) in [5, 5.41) is 12.7. The average Bonchev–Trinajstić information content (AvgIpc) is 2.37. The Hall–Kier alpha value is -0.610. The molecule has 0 spiro atoms. The predicted molar refractivity (Wildman–Crippen MR) is 73.8 cm³/mol. The zero-order valence-electron chi connectivity index (χ0n) is 12.0. The number of hydrogen-bond acceptors (Lipinski definition) is 3. The Labute approximate surface area is 115 Å². The first-order chi connectivity index (χ1) is 9.17. The fourth-order valence-electron chi connectivity index (χ4n) is 3.37. The van der Waals surface area contributed by atoms with Gasteiger partial charge in [-0.15, -0.1) is 0 Å². The van der Waals surface area contributed by atoms with E-state index in [1.54, 1.807) is 0 Å². The van der Waals surface area contributed by atoms with Gasteiger partial charge in [0.05, 0.1) is 18.2 Å². The molecule has 2 rings (SSSR count). The summed E-state index contributed by atoms with van der Waals surface area (Å²) in [5.74, 6) is 0.576. The number of nitrogens with one attached hydrogen (secondary N) is 1. The van der Waals surface area contributed by atoms with Crippen molar-refractivity contribution >= 4 is 5.91 Å². The summed E-state index contributed by atoms with van der Waals surface area (Å²) < 4.78 is 5.51. The van der Waals surface area contributed by atoms with Gasteiger partial charge in [0.1, 0.15) is 0 Å². The molecule has 0 aliphatic heterocycles. The molecule has 0 bridgehead atoms. The van der Waals surface area contributed by atoms with Gasteiger partial charge in [-0.3, -0.25) is 4.79 Å². The van der Waals surface area contributed by atoms with E-state index < -0.39 is 0 Å².